The molecule has 0 N–H and O–H groups in total. The monoisotopic (exact) mass is 338 g/mol. The van der Waals surface area contributed by atoms with Crippen LogP contribution < -0.4 is 0 Å². The third kappa shape index (κ3) is 4.99. The van der Waals surface area contributed by atoms with Crippen LogP contribution in [0.4, 0.5) is 0 Å². The average molecular weight is 339 g/mol. The van der Waals surface area contributed by atoms with E-state index < -0.39 is 0 Å². The van der Waals surface area contributed by atoms with E-state index in [4.69, 9.17) is 32.7 Å². The Bertz CT molecular complexity index is 470. The summed E-state index contributed by atoms with van der Waals surface area (Å²) in [6, 6.07) is 20.1. The summed E-state index contributed by atoms with van der Waals surface area (Å²) in [4.78, 5) is 0. The second kappa shape index (κ2) is 9.86. The minimum absolute atomic E-state index is 0.217. The van der Waals surface area contributed by atoms with Gasteiger partial charge in [0.05, 0.1) is 13.2 Å². The van der Waals surface area contributed by atoms with Crippen LogP contribution in [0, 0.1) is 0 Å². The maximum absolute atomic E-state index is 5.99. The first-order valence-corrected chi connectivity index (χ1v) is 8.38. The van der Waals surface area contributed by atoms with E-state index in [1.807, 2.05) is 60.7 Å². The molecule has 2 rings (SSSR count). The van der Waals surface area contributed by atoms with Crippen LogP contribution in [0.25, 0.3) is 0 Å². The zero-order chi connectivity index (χ0) is 15.6. The Labute approximate surface area is 142 Å². The number of hydrogen-bond acceptors (Lipinski definition) is 2. The average Bonchev–Trinajstić information content (AvgIpc) is 2.59. The summed E-state index contributed by atoms with van der Waals surface area (Å²) in [6.07, 6.45) is -0.434. The summed E-state index contributed by atoms with van der Waals surface area (Å²) in [5.41, 5.74) is 2.13. The van der Waals surface area contributed by atoms with Crippen LogP contribution in [0.2, 0.25) is 0 Å². The summed E-state index contributed by atoms with van der Waals surface area (Å²) in [6.45, 7) is 0.934. The summed E-state index contributed by atoms with van der Waals surface area (Å²) >= 11 is 11.6. The van der Waals surface area contributed by atoms with Crippen molar-refractivity contribution in [2.75, 3.05) is 25.0 Å². The van der Waals surface area contributed by atoms with Gasteiger partial charge < -0.3 is 9.47 Å². The van der Waals surface area contributed by atoms with Crippen molar-refractivity contribution in [1.29, 1.82) is 0 Å². The molecule has 118 valence electrons. The summed E-state index contributed by atoms with van der Waals surface area (Å²) in [5, 5.41) is 0. The van der Waals surface area contributed by atoms with Crippen LogP contribution in [0.15, 0.2) is 60.7 Å². The second-order valence-electron chi connectivity index (χ2n) is 4.78. The molecule has 2 nitrogen and oxygen atoms in total. The molecule has 0 fully saturated rings. The van der Waals surface area contributed by atoms with Crippen LogP contribution in [0.1, 0.15) is 23.3 Å². The van der Waals surface area contributed by atoms with E-state index in [-0.39, 0.29) is 12.2 Å². The van der Waals surface area contributed by atoms with E-state index in [1.165, 1.54) is 0 Å². The summed E-state index contributed by atoms with van der Waals surface area (Å²) in [5.74, 6) is 0.890. The molecule has 0 amide bonds. The highest BCUT2D eigenvalue weighted by atomic mass is 35.5. The van der Waals surface area contributed by atoms with Gasteiger partial charge in [-0.05, 0) is 11.1 Å². The molecule has 0 saturated heterocycles. The Morgan fingerprint density at radius 1 is 0.636 bits per heavy atom. The third-order valence-corrected chi connectivity index (χ3v) is 3.59. The molecule has 4 heteroatoms. The third-order valence-electron chi connectivity index (χ3n) is 3.28. The number of hydrogen-bond donors (Lipinski definition) is 0. The molecule has 0 saturated carbocycles. The van der Waals surface area contributed by atoms with E-state index in [0.29, 0.717) is 25.0 Å². The van der Waals surface area contributed by atoms with Crippen molar-refractivity contribution in [1.82, 2.24) is 0 Å². The SMILES string of the molecule is ClCCOC(c1ccccc1)C(OCCCl)c1ccccc1. The quantitative estimate of drug-likeness (QED) is 0.600. The van der Waals surface area contributed by atoms with Gasteiger partial charge in [-0.1, -0.05) is 60.7 Å². The molecule has 0 spiro atoms. The lowest BCUT2D eigenvalue weighted by atomic mass is 9.98. The van der Waals surface area contributed by atoms with Gasteiger partial charge in [0, 0.05) is 11.8 Å². The first-order valence-electron chi connectivity index (χ1n) is 7.32. The molecule has 2 atom stereocenters. The molecular weight excluding hydrogens is 319 g/mol. The Morgan fingerprint density at radius 2 is 1.00 bits per heavy atom. The lowest BCUT2D eigenvalue weighted by Gasteiger charge is -2.28. The molecule has 0 aliphatic carbocycles. The minimum Gasteiger partial charge on any atom is -0.369 e. The fourth-order valence-electron chi connectivity index (χ4n) is 2.35. The van der Waals surface area contributed by atoms with Crippen molar-refractivity contribution in [3.63, 3.8) is 0 Å². The highest BCUT2D eigenvalue weighted by molar-refractivity contribution is 6.18. The predicted molar refractivity (Wildman–Crippen MR) is 91.7 cm³/mol. The maximum Gasteiger partial charge on any atom is 0.113 e. The first kappa shape index (κ1) is 17.3. The minimum atomic E-state index is -0.217. The van der Waals surface area contributed by atoms with Gasteiger partial charge in [0.1, 0.15) is 12.2 Å². The van der Waals surface area contributed by atoms with Crippen LogP contribution in [0.3, 0.4) is 0 Å². The lowest BCUT2D eigenvalue weighted by Crippen LogP contribution is -2.19. The smallest absolute Gasteiger partial charge is 0.113 e. The zero-order valence-corrected chi connectivity index (χ0v) is 13.8. The van der Waals surface area contributed by atoms with E-state index in [9.17, 15) is 0 Å². The Morgan fingerprint density at radius 3 is 1.32 bits per heavy atom. The van der Waals surface area contributed by atoms with Gasteiger partial charge in [-0.2, -0.15) is 0 Å². The molecule has 0 aromatic heterocycles. The van der Waals surface area contributed by atoms with Crippen molar-refractivity contribution in [2.45, 2.75) is 12.2 Å². The molecule has 22 heavy (non-hydrogen) atoms. The van der Waals surface area contributed by atoms with Crippen LogP contribution >= 0.6 is 23.2 Å². The topological polar surface area (TPSA) is 18.5 Å². The molecule has 0 bridgehead atoms. The van der Waals surface area contributed by atoms with Crippen LogP contribution in [-0.4, -0.2) is 25.0 Å². The normalized spacial score (nSPS) is 13.7. The maximum atomic E-state index is 5.99. The highest BCUT2D eigenvalue weighted by Gasteiger charge is 2.26. The molecule has 2 aromatic rings. The molecule has 0 heterocycles. The Hall–Kier alpha value is -1.06. The largest absolute Gasteiger partial charge is 0.369 e. The summed E-state index contributed by atoms with van der Waals surface area (Å²) < 4.78 is 12.0. The fourth-order valence-corrected chi connectivity index (χ4v) is 2.52. The number of halogens is 2. The first-order chi connectivity index (χ1) is 10.9. The van der Waals surface area contributed by atoms with Gasteiger partial charge in [-0.25, -0.2) is 0 Å². The van der Waals surface area contributed by atoms with Gasteiger partial charge in [0.15, 0.2) is 0 Å². The number of ether oxygens (including phenoxy) is 2. The standard InChI is InChI=1S/C18H20Cl2O2/c19-11-13-21-17(15-7-3-1-4-8-15)18(22-14-12-20)16-9-5-2-6-10-16/h1-10,17-18H,11-14H2. The van der Waals surface area contributed by atoms with Crippen LogP contribution in [0.5, 0.6) is 0 Å². The molecule has 0 aliphatic heterocycles. The van der Waals surface area contributed by atoms with Gasteiger partial charge in [-0.15, -0.1) is 23.2 Å². The molecule has 2 aromatic carbocycles. The van der Waals surface area contributed by atoms with Crippen molar-refractivity contribution >= 4 is 23.2 Å². The lowest BCUT2D eigenvalue weighted by molar-refractivity contribution is -0.0704. The van der Waals surface area contributed by atoms with Gasteiger partial charge in [0.2, 0.25) is 0 Å². The highest BCUT2D eigenvalue weighted by Crippen LogP contribution is 2.35. The van der Waals surface area contributed by atoms with Crippen molar-refractivity contribution in [3.05, 3.63) is 71.8 Å². The number of alkyl halides is 2. The Balaban J connectivity index is 2.30. The molecule has 0 radical (unpaired) electrons. The van der Waals surface area contributed by atoms with E-state index in [1.54, 1.807) is 0 Å². The zero-order valence-electron chi connectivity index (χ0n) is 12.3. The number of rotatable bonds is 9. The summed E-state index contributed by atoms with van der Waals surface area (Å²) in [7, 11) is 0. The van der Waals surface area contributed by atoms with E-state index in [2.05, 4.69) is 0 Å². The molecule has 0 aliphatic rings. The van der Waals surface area contributed by atoms with Gasteiger partial charge in [-0.3, -0.25) is 0 Å². The predicted octanol–water partition coefficient (Wildman–Crippen LogP) is 4.98. The van der Waals surface area contributed by atoms with Gasteiger partial charge in [0.25, 0.3) is 0 Å². The fraction of sp³-hybridized carbons (Fsp3) is 0.333. The second-order valence-corrected chi connectivity index (χ2v) is 5.54. The van der Waals surface area contributed by atoms with E-state index in [0.717, 1.165) is 11.1 Å². The van der Waals surface area contributed by atoms with E-state index >= 15 is 0 Å². The van der Waals surface area contributed by atoms with Crippen molar-refractivity contribution in [3.8, 4) is 0 Å². The van der Waals surface area contributed by atoms with Crippen molar-refractivity contribution < 1.29 is 9.47 Å². The Kier molecular flexibility index (Phi) is 7.75. The van der Waals surface area contributed by atoms with Crippen LogP contribution in [-0.2, 0) is 9.47 Å². The molecule has 2 unspecified atom stereocenters. The molecular formula is C18H20Cl2O2. The van der Waals surface area contributed by atoms with Gasteiger partial charge >= 0.3 is 0 Å². The van der Waals surface area contributed by atoms with Crippen molar-refractivity contribution in [2.24, 2.45) is 0 Å². The number of benzene rings is 2.